The van der Waals surface area contributed by atoms with E-state index in [2.05, 4.69) is 11.8 Å². The van der Waals surface area contributed by atoms with Crippen molar-refractivity contribution in [2.45, 2.75) is 46.5 Å². The Kier molecular flexibility index (Phi) is 4.78. The van der Waals surface area contributed by atoms with Crippen LogP contribution in [0.25, 0.3) is 0 Å². The van der Waals surface area contributed by atoms with E-state index >= 15 is 0 Å². The van der Waals surface area contributed by atoms with E-state index in [0.29, 0.717) is 0 Å². The van der Waals surface area contributed by atoms with Crippen molar-refractivity contribution in [1.82, 2.24) is 4.90 Å². The highest BCUT2D eigenvalue weighted by Crippen LogP contribution is 2.22. The Hall–Kier alpha value is -0.570. The van der Waals surface area contributed by atoms with Crippen molar-refractivity contribution in [3.05, 3.63) is 0 Å². The minimum Gasteiger partial charge on any atom is -0.481 e. The SMILES string of the molecule is CC1CCCN(CCC(C)(C)C(=O)O)CC1. The lowest BCUT2D eigenvalue weighted by Crippen LogP contribution is -2.32. The Labute approximate surface area is 98.8 Å². The van der Waals surface area contributed by atoms with Crippen LogP contribution in [0, 0.1) is 11.3 Å². The quantitative estimate of drug-likeness (QED) is 0.802. The van der Waals surface area contributed by atoms with Crippen LogP contribution in [0.4, 0.5) is 0 Å². The summed E-state index contributed by atoms with van der Waals surface area (Å²) in [6, 6.07) is 0. The van der Waals surface area contributed by atoms with Gasteiger partial charge in [0.1, 0.15) is 0 Å². The van der Waals surface area contributed by atoms with Gasteiger partial charge in [-0.1, -0.05) is 6.92 Å². The van der Waals surface area contributed by atoms with Gasteiger partial charge in [0, 0.05) is 0 Å². The molecule has 1 fully saturated rings. The third kappa shape index (κ3) is 4.12. The van der Waals surface area contributed by atoms with Crippen LogP contribution in [0.5, 0.6) is 0 Å². The van der Waals surface area contributed by atoms with E-state index in [4.69, 9.17) is 5.11 Å². The lowest BCUT2D eigenvalue weighted by molar-refractivity contribution is -0.147. The number of hydrogen-bond donors (Lipinski definition) is 1. The summed E-state index contributed by atoms with van der Waals surface area (Å²) >= 11 is 0. The number of rotatable bonds is 4. The number of carboxylic acid groups (broad SMARTS) is 1. The zero-order chi connectivity index (χ0) is 12.2. The molecule has 0 amide bonds. The van der Waals surface area contributed by atoms with Gasteiger partial charge in [-0.15, -0.1) is 0 Å². The van der Waals surface area contributed by atoms with E-state index < -0.39 is 11.4 Å². The minimum atomic E-state index is -0.685. The van der Waals surface area contributed by atoms with Crippen LogP contribution in [0.15, 0.2) is 0 Å². The van der Waals surface area contributed by atoms with Gasteiger partial charge >= 0.3 is 5.97 Å². The van der Waals surface area contributed by atoms with Gasteiger partial charge in [0.15, 0.2) is 0 Å². The third-order valence-corrected chi connectivity index (χ3v) is 3.74. The monoisotopic (exact) mass is 227 g/mol. The summed E-state index contributed by atoms with van der Waals surface area (Å²) in [6.07, 6.45) is 4.58. The Morgan fingerprint density at radius 2 is 2.06 bits per heavy atom. The van der Waals surface area contributed by atoms with E-state index in [-0.39, 0.29) is 0 Å². The molecule has 94 valence electrons. The predicted molar refractivity (Wildman–Crippen MR) is 65.5 cm³/mol. The number of nitrogens with zero attached hydrogens (tertiary/aromatic N) is 1. The van der Waals surface area contributed by atoms with Gasteiger partial charge in [0.05, 0.1) is 5.41 Å². The lowest BCUT2D eigenvalue weighted by Gasteiger charge is -2.25. The summed E-state index contributed by atoms with van der Waals surface area (Å²) in [7, 11) is 0. The first kappa shape index (κ1) is 13.5. The number of carboxylic acids is 1. The van der Waals surface area contributed by atoms with Crippen molar-refractivity contribution in [2.24, 2.45) is 11.3 Å². The average molecular weight is 227 g/mol. The van der Waals surface area contributed by atoms with Crippen molar-refractivity contribution >= 4 is 5.97 Å². The fourth-order valence-corrected chi connectivity index (χ4v) is 2.09. The summed E-state index contributed by atoms with van der Waals surface area (Å²) in [5.74, 6) is 0.146. The molecular weight excluding hydrogens is 202 g/mol. The smallest absolute Gasteiger partial charge is 0.309 e. The van der Waals surface area contributed by atoms with Crippen LogP contribution < -0.4 is 0 Å². The average Bonchev–Trinajstić information content (AvgIpc) is 2.40. The molecule has 0 saturated carbocycles. The second-order valence-corrected chi connectivity index (χ2v) is 5.82. The second-order valence-electron chi connectivity index (χ2n) is 5.82. The normalized spacial score (nSPS) is 24.1. The maximum absolute atomic E-state index is 11.0. The number of hydrogen-bond acceptors (Lipinski definition) is 2. The van der Waals surface area contributed by atoms with Gasteiger partial charge in [0.25, 0.3) is 0 Å². The van der Waals surface area contributed by atoms with E-state index in [1.54, 1.807) is 0 Å². The molecule has 0 aromatic rings. The molecule has 0 aromatic carbocycles. The molecule has 0 bridgehead atoms. The molecule has 1 aliphatic rings. The van der Waals surface area contributed by atoms with Crippen LogP contribution in [-0.4, -0.2) is 35.6 Å². The Morgan fingerprint density at radius 1 is 1.38 bits per heavy atom. The van der Waals surface area contributed by atoms with Crippen LogP contribution in [0.3, 0.4) is 0 Å². The van der Waals surface area contributed by atoms with Crippen LogP contribution >= 0.6 is 0 Å². The van der Waals surface area contributed by atoms with Gasteiger partial charge in [-0.05, 0) is 65.1 Å². The maximum atomic E-state index is 11.0. The number of likely N-dealkylation sites (tertiary alicyclic amines) is 1. The lowest BCUT2D eigenvalue weighted by atomic mass is 9.89. The second kappa shape index (κ2) is 5.67. The molecule has 1 unspecified atom stereocenters. The van der Waals surface area contributed by atoms with Gasteiger partial charge in [-0.3, -0.25) is 4.79 Å². The van der Waals surface area contributed by atoms with E-state index in [9.17, 15) is 4.79 Å². The molecule has 1 rings (SSSR count). The topological polar surface area (TPSA) is 40.5 Å². The van der Waals surface area contributed by atoms with E-state index in [1.807, 2.05) is 13.8 Å². The van der Waals surface area contributed by atoms with E-state index in [1.165, 1.54) is 19.3 Å². The molecule has 1 saturated heterocycles. The molecule has 3 nitrogen and oxygen atoms in total. The van der Waals surface area contributed by atoms with Crippen LogP contribution in [-0.2, 0) is 4.79 Å². The van der Waals surface area contributed by atoms with Crippen LogP contribution in [0.2, 0.25) is 0 Å². The van der Waals surface area contributed by atoms with Gasteiger partial charge in [-0.2, -0.15) is 0 Å². The number of aliphatic carboxylic acids is 1. The fraction of sp³-hybridized carbons (Fsp3) is 0.923. The Balaban J connectivity index is 2.34. The predicted octanol–water partition coefficient (Wildman–Crippen LogP) is 2.61. The summed E-state index contributed by atoms with van der Waals surface area (Å²) in [4.78, 5) is 13.4. The largest absolute Gasteiger partial charge is 0.481 e. The standard InChI is InChI=1S/C13H25NO2/c1-11-5-4-8-14(9-6-11)10-7-13(2,3)12(15)16/h11H,4-10H2,1-3H3,(H,15,16). The van der Waals surface area contributed by atoms with Gasteiger partial charge < -0.3 is 10.0 Å². The number of carbonyl (C=O) groups is 1. The molecule has 16 heavy (non-hydrogen) atoms. The van der Waals surface area contributed by atoms with Crippen molar-refractivity contribution in [1.29, 1.82) is 0 Å². The summed E-state index contributed by atoms with van der Waals surface area (Å²) in [6.45, 7) is 9.14. The van der Waals surface area contributed by atoms with Crippen molar-refractivity contribution < 1.29 is 9.90 Å². The van der Waals surface area contributed by atoms with Gasteiger partial charge in [-0.25, -0.2) is 0 Å². The Morgan fingerprint density at radius 3 is 2.69 bits per heavy atom. The van der Waals surface area contributed by atoms with Gasteiger partial charge in [0.2, 0.25) is 0 Å². The molecule has 0 aromatic heterocycles. The summed E-state index contributed by atoms with van der Waals surface area (Å²) in [5.41, 5.74) is -0.585. The highest BCUT2D eigenvalue weighted by Gasteiger charge is 2.27. The van der Waals surface area contributed by atoms with Crippen molar-refractivity contribution in [3.8, 4) is 0 Å². The van der Waals surface area contributed by atoms with Crippen molar-refractivity contribution in [3.63, 3.8) is 0 Å². The Bertz CT molecular complexity index is 238. The minimum absolute atomic E-state index is 0.585. The molecule has 0 spiro atoms. The molecule has 3 heteroatoms. The van der Waals surface area contributed by atoms with Crippen LogP contribution in [0.1, 0.15) is 46.5 Å². The molecule has 0 aliphatic carbocycles. The first-order valence-corrected chi connectivity index (χ1v) is 6.37. The molecular formula is C13H25NO2. The third-order valence-electron chi connectivity index (χ3n) is 3.74. The first-order chi connectivity index (χ1) is 7.42. The summed E-state index contributed by atoms with van der Waals surface area (Å²) < 4.78 is 0. The highest BCUT2D eigenvalue weighted by molar-refractivity contribution is 5.73. The highest BCUT2D eigenvalue weighted by atomic mass is 16.4. The first-order valence-electron chi connectivity index (χ1n) is 6.37. The molecule has 0 radical (unpaired) electrons. The van der Waals surface area contributed by atoms with E-state index in [0.717, 1.165) is 32.0 Å². The zero-order valence-corrected chi connectivity index (χ0v) is 10.8. The van der Waals surface area contributed by atoms with Crippen molar-refractivity contribution in [2.75, 3.05) is 19.6 Å². The molecule has 1 aliphatic heterocycles. The molecule has 1 atom stereocenters. The maximum Gasteiger partial charge on any atom is 0.309 e. The fourth-order valence-electron chi connectivity index (χ4n) is 2.09. The molecule has 1 N–H and O–H groups in total. The molecule has 1 heterocycles. The summed E-state index contributed by atoms with van der Waals surface area (Å²) in [5, 5.41) is 9.05. The zero-order valence-electron chi connectivity index (χ0n) is 10.8.